The van der Waals surface area contributed by atoms with Gasteiger partial charge in [-0.25, -0.2) is 13.6 Å². The lowest BCUT2D eigenvalue weighted by atomic mass is 10.1. The van der Waals surface area contributed by atoms with E-state index >= 15 is 0 Å². The molecule has 0 fully saturated rings. The smallest absolute Gasteiger partial charge is 0.335 e. The Hall–Kier alpha value is -2.24. The SMILES string of the molecule is CC(=O)NCCC=Cc1c(F)cc(C(=O)O)cc1F. The van der Waals surface area contributed by atoms with Crippen molar-refractivity contribution in [2.75, 3.05) is 6.54 Å². The van der Waals surface area contributed by atoms with Crippen molar-refractivity contribution in [1.29, 1.82) is 0 Å². The summed E-state index contributed by atoms with van der Waals surface area (Å²) >= 11 is 0. The van der Waals surface area contributed by atoms with Crippen molar-refractivity contribution in [1.82, 2.24) is 5.32 Å². The highest BCUT2D eigenvalue weighted by molar-refractivity contribution is 5.88. The van der Waals surface area contributed by atoms with Crippen molar-refractivity contribution in [3.05, 3.63) is 41.0 Å². The Kier molecular flexibility index (Phi) is 5.17. The summed E-state index contributed by atoms with van der Waals surface area (Å²) in [5, 5.41) is 11.2. The van der Waals surface area contributed by atoms with Gasteiger partial charge in [0.2, 0.25) is 5.91 Å². The average molecular weight is 269 g/mol. The van der Waals surface area contributed by atoms with Crippen LogP contribution in [0, 0.1) is 11.6 Å². The number of carboxylic acids is 1. The van der Waals surface area contributed by atoms with E-state index in [9.17, 15) is 18.4 Å². The third-order valence-electron chi connectivity index (χ3n) is 2.30. The van der Waals surface area contributed by atoms with Crippen LogP contribution in [0.1, 0.15) is 29.3 Å². The van der Waals surface area contributed by atoms with E-state index in [4.69, 9.17) is 5.11 Å². The van der Waals surface area contributed by atoms with Crippen molar-refractivity contribution >= 4 is 18.0 Å². The van der Waals surface area contributed by atoms with Crippen LogP contribution in [0.25, 0.3) is 6.08 Å². The molecule has 0 aliphatic heterocycles. The lowest BCUT2D eigenvalue weighted by molar-refractivity contribution is -0.118. The van der Waals surface area contributed by atoms with Crippen molar-refractivity contribution in [3.63, 3.8) is 0 Å². The highest BCUT2D eigenvalue weighted by atomic mass is 19.1. The van der Waals surface area contributed by atoms with Gasteiger partial charge in [0.05, 0.1) is 5.56 Å². The maximum absolute atomic E-state index is 13.5. The number of carboxylic acid groups (broad SMARTS) is 1. The topological polar surface area (TPSA) is 66.4 Å². The molecule has 2 N–H and O–H groups in total. The largest absolute Gasteiger partial charge is 0.478 e. The molecule has 0 aromatic heterocycles. The molecule has 4 nitrogen and oxygen atoms in total. The molecule has 0 saturated carbocycles. The van der Waals surface area contributed by atoms with Crippen LogP contribution in [0.2, 0.25) is 0 Å². The number of carbonyl (C=O) groups is 2. The fourth-order valence-electron chi connectivity index (χ4n) is 1.40. The van der Waals surface area contributed by atoms with Crippen LogP contribution in [0.3, 0.4) is 0 Å². The van der Waals surface area contributed by atoms with Gasteiger partial charge in [-0.1, -0.05) is 12.2 Å². The van der Waals surface area contributed by atoms with E-state index in [0.717, 1.165) is 12.1 Å². The molecule has 1 aromatic rings. The lowest BCUT2D eigenvalue weighted by Gasteiger charge is -2.02. The minimum atomic E-state index is -1.39. The fourth-order valence-corrected chi connectivity index (χ4v) is 1.40. The maximum Gasteiger partial charge on any atom is 0.335 e. The van der Waals surface area contributed by atoms with Gasteiger partial charge in [0, 0.05) is 19.0 Å². The summed E-state index contributed by atoms with van der Waals surface area (Å²) < 4.78 is 27.0. The summed E-state index contributed by atoms with van der Waals surface area (Å²) in [6, 6.07) is 1.53. The molecule has 0 spiro atoms. The summed E-state index contributed by atoms with van der Waals surface area (Å²) in [5.41, 5.74) is -0.738. The number of nitrogens with one attached hydrogen (secondary N) is 1. The van der Waals surface area contributed by atoms with Crippen molar-refractivity contribution < 1.29 is 23.5 Å². The van der Waals surface area contributed by atoms with Gasteiger partial charge in [0.15, 0.2) is 0 Å². The Morgan fingerprint density at radius 3 is 2.37 bits per heavy atom. The molecule has 0 unspecified atom stereocenters. The Bertz CT molecular complexity index is 504. The normalized spacial score (nSPS) is 10.7. The van der Waals surface area contributed by atoms with Gasteiger partial charge < -0.3 is 10.4 Å². The first-order valence-electron chi connectivity index (χ1n) is 5.55. The number of amides is 1. The van der Waals surface area contributed by atoms with Crippen LogP contribution in [-0.4, -0.2) is 23.5 Å². The van der Waals surface area contributed by atoms with Crippen LogP contribution in [-0.2, 0) is 4.79 Å². The number of rotatable bonds is 5. The number of halogens is 2. The minimum absolute atomic E-state index is 0.184. The molecular weight excluding hydrogens is 256 g/mol. The molecule has 0 atom stereocenters. The van der Waals surface area contributed by atoms with Gasteiger partial charge in [-0.3, -0.25) is 4.79 Å². The van der Waals surface area contributed by atoms with E-state index in [1.165, 1.54) is 19.1 Å². The predicted molar refractivity (Wildman–Crippen MR) is 65.7 cm³/mol. The average Bonchev–Trinajstić information content (AvgIpc) is 2.30. The van der Waals surface area contributed by atoms with Crippen LogP contribution in [0.4, 0.5) is 8.78 Å². The molecule has 0 aliphatic rings. The molecule has 0 aliphatic carbocycles. The van der Waals surface area contributed by atoms with Gasteiger partial charge in [-0.05, 0) is 18.6 Å². The van der Waals surface area contributed by atoms with E-state index in [1.807, 2.05) is 0 Å². The second kappa shape index (κ2) is 6.63. The molecule has 0 radical (unpaired) electrons. The van der Waals surface area contributed by atoms with Gasteiger partial charge in [0.1, 0.15) is 11.6 Å². The summed E-state index contributed by atoms with van der Waals surface area (Å²) in [5.74, 6) is -3.45. The molecule has 19 heavy (non-hydrogen) atoms. The van der Waals surface area contributed by atoms with Crippen LogP contribution < -0.4 is 5.32 Å². The zero-order valence-corrected chi connectivity index (χ0v) is 10.2. The first-order valence-corrected chi connectivity index (χ1v) is 5.55. The van der Waals surface area contributed by atoms with E-state index in [0.29, 0.717) is 13.0 Å². The predicted octanol–water partition coefficient (Wildman–Crippen LogP) is 2.20. The van der Waals surface area contributed by atoms with E-state index in [-0.39, 0.29) is 11.5 Å². The number of hydrogen-bond acceptors (Lipinski definition) is 2. The molecule has 6 heteroatoms. The highest BCUT2D eigenvalue weighted by Crippen LogP contribution is 2.17. The van der Waals surface area contributed by atoms with Gasteiger partial charge in [-0.2, -0.15) is 0 Å². The Morgan fingerprint density at radius 1 is 1.32 bits per heavy atom. The van der Waals surface area contributed by atoms with Gasteiger partial charge in [0.25, 0.3) is 0 Å². The minimum Gasteiger partial charge on any atom is -0.478 e. The summed E-state index contributed by atoms with van der Waals surface area (Å²) in [4.78, 5) is 21.2. The molecular formula is C13H13F2NO3. The molecule has 102 valence electrons. The van der Waals surface area contributed by atoms with Gasteiger partial charge in [-0.15, -0.1) is 0 Å². The quantitative estimate of drug-likeness (QED) is 0.805. The number of hydrogen-bond donors (Lipinski definition) is 2. The van der Waals surface area contributed by atoms with Crippen LogP contribution in [0.5, 0.6) is 0 Å². The third kappa shape index (κ3) is 4.50. The van der Waals surface area contributed by atoms with Gasteiger partial charge >= 0.3 is 5.97 Å². The second-order valence-corrected chi connectivity index (χ2v) is 3.83. The number of benzene rings is 1. The standard InChI is InChI=1S/C13H13F2NO3/c1-8(17)16-5-3-2-4-10-11(14)6-9(13(18)19)7-12(10)15/h2,4,6-7H,3,5H2,1H3,(H,16,17)(H,18,19). The molecule has 1 aromatic carbocycles. The fraction of sp³-hybridized carbons (Fsp3) is 0.231. The van der Waals surface area contributed by atoms with E-state index < -0.39 is 23.2 Å². The maximum atomic E-state index is 13.5. The van der Waals surface area contributed by atoms with E-state index in [2.05, 4.69) is 5.32 Å². The van der Waals surface area contributed by atoms with Crippen molar-refractivity contribution in [2.45, 2.75) is 13.3 Å². The lowest BCUT2D eigenvalue weighted by Crippen LogP contribution is -2.20. The Morgan fingerprint density at radius 2 is 1.89 bits per heavy atom. The first-order chi connectivity index (χ1) is 8.91. The zero-order valence-electron chi connectivity index (χ0n) is 10.2. The Balaban J connectivity index is 2.76. The third-order valence-corrected chi connectivity index (χ3v) is 2.30. The number of carbonyl (C=O) groups excluding carboxylic acids is 1. The van der Waals surface area contributed by atoms with Crippen molar-refractivity contribution in [3.8, 4) is 0 Å². The zero-order chi connectivity index (χ0) is 14.4. The number of aromatic carboxylic acids is 1. The molecule has 0 saturated heterocycles. The van der Waals surface area contributed by atoms with Crippen molar-refractivity contribution in [2.24, 2.45) is 0 Å². The van der Waals surface area contributed by atoms with Crippen LogP contribution in [0.15, 0.2) is 18.2 Å². The first kappa shape index (κ1) is 14.8. The molecule has 0 heterocycles. The summed E-state index contributed by atoms with van der Waals surface area (Å²) in [6.45, 7) is 1.73. The molecule has 1 rings (SSSR count). The van der Waals surface area contributed by atoms with Crippen LogP contribution >= 0.6 is 0 Å². The second-order valence-electron chi connectivity index (χ2n) is 3.83. The molecule has 1 amide bonds. The van der Waals surface area contributed by atoms with E-state index in [1.54, 1.807) is 0 Å². The Labute approximate surface area is 108 Å². The summed E-state index contributed by atoms with van der Waals surface area (Å²) in [6.07, 6.45) is 3.13. The molecule has 0 bridgehead atoms. The monoisotopic (exact) mass is 269 g/mol. The highest BCUT2D eigenvalue weighted by Gasteiger charge is 2.12. The summed E-state index contributed by atoms with van der Waals surface area (Å²) in [7, 11) is 0.